The smallest absolute Gasteiger partial charge is 0.257 e. The SMILES string of the molecule is Cc1ccccc1OCC(=O)NCCC(CCO)c1ccccc1. The zero-order chi connectivity index (χ0) is 17.2. The second-order valence-electron chi connectivity index (χ2n) is 5.81. The first-order valence-electron chi connectivity index (χ1n) is 8.31. The molecule has 4 nitrogen and oxygen atoms in total. The summed E-state index contributed by atoms with van der Waals surface area (Å²) in [6.45, 7) is 2.67. The normalized spacial score (nSPS) is 11.8. The molecule has 24 heavy (non-hydrogen) atoms. The lowest BCUT2D eigenvalue weighted by Crippen LogP contribution is -2.30. The van der Waals surface area contributed by atoms with E-state index in [4.69, 9.17) is 4.74 Å². The first-order chi connectivity index (χ1) is 11.7. The lowest BCUT2D eigenvalue weighted by Gasteiger charge is -2.17. The maximum absolute atomic E-state index is 11.9. The molecule has 0 fully saturated rings. The molecule has 0 saturated carbocycles. The van der Waals surface area contributed by atoms with Crippen molar-refractivity contribution in [3.63, 3.8) is 0 Å². The Labute approximate surface area is 143 Å². The number of aliphatic hydroxyl groups is 1. The molecule has 2 N–H and O–H groups in total. The molecule has 1 unspecified atom stereocenters. The summed E-state index contributed by atoms with van der Waals surface area (Å²) in [6, 6.07) is 17.7. The second kappa shape index (κ2) is 9.73. The molecule has 2 rings (SSSR count). The number of aliphatic hydroxyl groups excluding tert-OH is 1. The predicted octanol–water partition coefficient (Wildman–Crippen LogP) is 3.05. The molecule has 0 bridgehead atoms. The highest BCUT2D eigenvalue weighted by Crippen LogP contribution is 2.22. The van der Waals surface area contributed by atoms with Crippen LogP contribution in [0, 0.1) is 6.92 Å². The van der Waals surface area contributed by atoms with Crippen molar-refractivity contribution in [1.29, 1.82) is 0 Å². The molecule has 0 aliphatic carbocycles. The molecule has 1 amide bonds. The molecule has 2 aromatic carbocycles. The summed E-state index contributed by atoms with van der Waals surface area (Å²) in [4.78, 5) is 11.9. The van der Waals surface area contributed by atoms with Crippen LogP contribution in [0.2, 0.25) is 0 Å². The van der Waals surface area contributed by atoms with Crippen LogP contribution in [0.5, 0.6) is 5.75 Å². The number of carbonyl (C=O) groups excluding carboxylic acids is 1. The van der Waals surface area contributed by atoms with Crippen molar-refractivity contribution in [3.05, 3.63) is 65.7 Å². The number of amides is 1. The first kappa shape index (κ1) is 18.0. The summed E-state index contributed by atoms with van der Waals surface area (Å²) in [5.41, 5.74) is 2.20. The monoisotopic (exact) mass is 327 g/mol. The van der Waals surface area contributed by atoms with E-state index in [1.165, 1.54) is 5.56 Å². The predicted molar refractivity (Wildman–Crippen MR) is 95.2 cm³/mol. The second-order valence-corrected chi connectivity index (χ2v) is 5.81. The van der Waals surface area contributed by atoms with Gasteiger partial charge in [0.15, 0.2) is 6.61 Å². The summed E-state index contributed by atoms with van der Waals surface area (Å²) in [6.07, 6.45) is 1.49. The highest BCUT2D eigenvalue weighted by molar-refractivity contribution is 5.77. The molecular weight excluding hydrogens is 302 g/mol. The molecular formula is C20H25NO3. The molecule has 0 heterocycles. The third-order valence-electron chi connectivity index (χ3n) is 4.02. The highest BCUT2D eigenvalue weighted by Gasteiger charge is 2.11. The van der Waals surface area contributed by atoms with Crippen molar-refractivity contribution in [2.75, 3.05) is 19.8 Å². The van der Waals surface area contributed by atoms with Gasteiger partial charge in [0.25, 0.3) is 5.91 Å². The minimum atomic E-state index is -0.130. The number of aryl methyl sites for hydroxylation is 1. The minimum Gasteiger partial charge on any atom is -0.484 e. The number of ether oxygens (including phenoxy) is 1. The van der Waals surface area contributed by atoms with Gasteiger partial charge in [-0.25, -0.2) is 0 Å². The van der Waals surface area contributed by atoms with E-state index in [1.807, 2.05) is 49.4 Å². The number of hydrogen-bond acceptors (Lipinski definition) is 3. The summed E-state index contributed by atoms with van der Waals surface area (Å²) < 4.78 is 5.54. The van der Waals surface area contributed by atoms with E-state index in [0.717, 1.165) is 17.7 Å². The van der Waals surface area contributed by atoms with E-state index in [0.29, 0.717) is 13.0 Å². The molecule has 1 atom stereocenters. The van der Waals surface area contributed by atoms with Crippen molar-refractivity contribution in [3.8, 4) is 5.75 Å². The van der Waals surface area contributed by atoms with E-state index < -0.39 is 0 Å². The van der Waals surface area contributed by atoms with Crippen LogP contribution in [0.3, 0.4) is 0 Å². The maximum atomic E-state index is 11.9. The van der Waals surface area contributed by atoms with Crippen LogP contribution < -0.4 is 10.1 Å². The highest BCUT2D eigenvalue weighted by atomic mass is 16.5. The minimum absolute atomic E-state index is 0.0147. The molecule has 2 aromatic rings. The third kappa shape index (κ3) is 5.70. The summed E-state index contributed by atoms with van der Waals surface area (Å²) in [5, 5.41) is 12.1. The van der Waals surface area contributed by atoms with Crippen LogP contribution in [-0.4, -0.2) is 30.8 Å². The number of rotatable bonds is 9. The van der Waals surface area contributed by atoms with Crippen LogP contribution in [-0.2, 0) is 4.79 Å². The van der Waals surface area contributed by atoms with Crippen molar-refractivity contribution in [2.24, 2.45) is 0 Å². The molecule has 0 radical (unpaired) electrons. The van der Waals surface area contributed by atoms with Crippen LogP contribution in [0.4, 0.5) is 0 Å². The topological polar surface area (TPSA) is 58.6 Å². The van der Waals surface area contributed by atoms with Gasteiger partial charge in [0, 0.05) is 13.2 Å². The van der Waals surface area contributed by atoms with E-state index in [-0.39, 0.29) is 25.0 Å². The molecule has 0 spiro atoms. The van der Waals surface area contributed by atoms with E-state index >= 15 is 0 Å². The zero-order valence-corrected chi connectivity index (χ0v) is 14.1. The quantitative estimate of drug-likeness (QED) is 0.744. The standard InChI is InChI=1S/C20H25NO3/c1-16-7-5-6-10-19(16)24-15-20(23)21-13-11-18(12-14-22)17-8-3-2-4-9-17/h2-10,18,22H,11-15H2,1H3,(H,21,23). The van der Waals surface area contributed by atoms with Crippen molar-refractivity contribution in [2.45, 2.75) is 25.7 Å². The van der Waals surface area contributed by atoms with Gasteiger partial charge >= 0.3 is 0 Å². The van der Waals surface area contributed by atoms with E-state index in [2.05, 4.69) is 17.4 Å². The van der Waals surface area contributed by atoms with Crippen molar-refractivity contribution in [1.82, 2.24) is 5.32 Å². The Morgan fingerprint density at radius 2 is 1.79 bits per heavy atom. The Kier molecular flexibility index (Phi) is 7.30. The fourth-order valence-corrected chi connectivity index (χ4v) is 2.66. The van der Waals surface area contributed by atoms with E-state index in [1.54, 1.807) is 0 Å². The Morgan fingerprint density at radius 3 is 2.50 bits per heavy atom. The van der Waals surface area contributed by atoms with Crippen molar-refractivity contribution >= 4 is 5.91 Å². The number of carbonyl (C=O) groups is 1. The Morgan fingerprint density at radius 1 is 1.08 bits per heavy atom. The summed E-state index contributed by atoms with van der Waals surface area (Å²) in [7, 11) is 0. The fourth-order valence-electron chi connectivity index (χ4n) is 2.66. The average Bonchev–Trinajstić information content (AvgIpc) is 2.61. The Hall–Kier alpha value is -2.33. The van der Waals surface area contributed by atoms with Gasteiger partial charge in [-0.2, -0.15) is 0 Å². The van der Waals surface area contributed by atoms with Crippen molar-refractivity contribution < 1.29 is 14.6 Å². The van der Waals surface area contributed by atoms with Gasteiger partial charge in [-0.05, 0) is 42.9 Å². The molecule has 128 valence electrons. The van der Waals surface area contributed by atoms with Crippen LogP contribution in [0.1, 0.15) is 29.9 Å². The van der Waals surface area contributed by atoms with Crippen LogP contribution in [0.15, 0.2) is 54.6 Å². The zero-order valence-electron chi connectivity index (χ0n) is 14.1. The van der Waals surface area contributed by atoms with Gasteiger partial charge in [-0.3, -0.25) is 4.79 Å². The van der Waals surface area contributed by atoms with Crippen LogP contribution >= 0.6 is 0 Å². The molecule has 4 heteroatoms. The van der Waals surface area contributed by atoms with Gasteiger partial charge in [-0.1, -0.05) is 48.5 Å². The summed E-state index contributed by atoms with van der Waals surface area (Å²) in [5.74, 6) is 0.845. The summed E-state index contributed by atoms with van der Waals surface area (Å²) >= 11 is 0. The van der Waals surface area contributed by atoms with Gasteiger partial charge < -0.3 is 15.2 Å². The van der Waals surface area contributed by atoms with Gasteiger partial charge in [0.1, 0.15) is 5.75 Å². The van der Waals surface area contributed by atoms with Gasteiger partial charge in [-0.15, -0.1) is 0 Å². The number of hydrogen-bond donors (Lipinski definition) is 2. The molecule has 0 aliphatic rings. The lowest BCUT2D eigenvalue weighted by atomic mass is 9.93. The number of para-hydroxylation sites is 1. The maximum Gasteiger partial charge on any atom is 0.257 e. The number of nitrogens with one attached hydrogen (secondary N) is 1. The van der Waals surface area contributed by atoms with E-state index in [9.17, 15) is 9.90 Å². The average molecular weight is 327 g/mol. The third-order valence-corrected chi connectivity index (χ3v) is 4.02. The van der Waals surface area contributed by atoms with Crippen LogP contribution in [0.25, 0.3) is 0 Å². The molecule has 0 aromatic heterocycles. The Bertz CT molecular complexity index is 628. The number of benzene rings is 2. The fraction of sp³-hybridized carbons (Fsp3) is 0.350. The lowest BCUT2D eigenvalue weighted by molar-refractivity contribution is -0.123. The first-order valence-corrected chi connectivity index (χ1v) is 8.31. The van der Waals surface area contributed by atoms with Gasteiger partial charge in [0.05, 0.1) is 0 Å². The van der Waals surface area contributed by atoms with Gasteiger partial charge in [0.2, 0.25) is 0 Å². The molecule has 0 saturated heterocycles. The molecule has 0 aliphatic heterocycles. The Balaban J connectivity index is 1.75. The largest absolute Gasteiger partial charge is 0.484 e.